The van der Waals surface area contributed by atoms with E-state index in [9.17, 15) is 0 Å². The van der Waals surface area contributed by atoms with Crippen LogP contribution in [0, 0.1) is 0 Å². The number of nitrogens with zero attached hydrogens (tertiary/aromatic N) is 5. The summed E-state index contributed by atoms with van der Waals surface area (Å²) in [6, 6.07) is 9.08. The largest absolute Gasteiger partial charge is 0.379 e. The fourth-order valence-corrected chi connectivity index (χ4v) is 4.02. The standard InChI is InChI=1S/C22H33N7O2/c1-23-22(25-19-7-8-21-26-20(16-30-2)27-29(21)15-19)24-13-17-3-5-18(6-4-17)14-28-9-11-31-12-10-28/h3-6,19H,7-16H2,1-2H3,(H2,23,24,25). The molecule has 2 aromatic rings. The van der Waals surface area contributed by atoms with Crippen molar-refractivity contribution in [3.8, 4) is 0 Å². The minimum atomic E-state index is 0.270. The molecular formula is C22H33N7O2. The van der Waals surface area contributed by atoms with Crippen molar-refractivity contribution in [1.82, 2.24) is 30.3 Å². The lowest BCUT2D eigenvalue weighted by atomic mass is 10.1. The van der Waals surface area contributed by atoms with Crippen molar-refractivity contribution in [3.63, 3.8) is 0 Å². The van der Waals surface area contributed by atoms with Crippen molar-refractivity contribution in [2.24, 2.45) is 4.99 Å². The van der Waals surface area contributed by atoms with Gasteiger partial charge in [0.2, 0.25) is 0 Å². The van der Waals surface area contributed by atoms with Gasteiger partial charge in [-0.25, -0.2) is 9.67 Å². The predicted molar refractivity (Wildman–Crippen MR) is 119 cm³/mol. The van der Waals surface area contributed by atoms with Crippen LogP contribution in [0.1, 0.15) is 29.2 Å². The summed E-state index contributed by atoms with van der Waals surface area (Å²) in [4.78, 5) is 11.4. The molecule has 9 nitrogen and oxygen atoms in total. The van der Waals surface area contributed by atoms with Gasteiger partial charge in [0, 0.05) is 52.8 Å². The third kappa shape index (κ3) is 6.03. The molecule has 1 saturated heterocycles. The lowest BCUT2D eigenvalue weighted by Gasteiger charge is -2.26. The first-order valence-corrected chi connectivity index (χ1v) is 11.0. The maximum atomic E-state index is 5.42. The zero-order chi connectivity index (χ0) is 21.5. The highest BCUT2D eigenvalue weighted by atomic mass is 16.5. The number of methoxy groups -OCH3 is 1. The molecule has 1 unspecified atom stereocenters. The van der Waals surface area contributed by atoms with E-state index < -0.39 is 0 Å². The molecule has 0 amide bonds. The Bertz CT molecular complexity index is 859. The highest BCUT2D eigenvalue weighted by Gasteiger charge is 2.22. The third-order valence-electron chi connectivity index (χ3n) is 5.73. The number of benzene rings is 1. The van der Waals surface area contributed by atoms with Gasteiger partial charge in [0.15, 0.2) is 11.8 Å². The van der Waals surface area contributed by atoms with E-state index in [2.05, 4.69) is 54.9 Å². The SMILES string of the molecule is CN=C(NCc1ccc(CN2CCOCC2)cc1)NC1CCc2nc(COC)nn2C1. The molecule has 1 fully saturated rings. The lowest BCUT2D eigenvalue weighted by molar-refractivity contribution is 0.0342. The number of ether oxygens (including phenoxy) is 2. The molecular weight excluding hydrogens is 394 g/mol. The molecule has 0 spiro atoms. The lowest BCUT2D eigenvalue weighted by Crippen LogP contribution is -2.46. The molecule has 2 aliphatic heterocycles. The Labute approximate surface area is 183 Å². The molecule has 3 heterocycles. The third-order valence-corrected chi connectivity index (χ3v) is 5.73. The highest BCUT2D eigenvalue weighted by molar-refractivity contribution is 5.79. The van der Waals surface area contributed by atoms with Gasteiger partial charge in [-0.15, -0.1) is 0 Å². The molecule has 4 rings (SSSR count). The summed E-state index contributed by atoms with van der Waals surface area (Å²) in [5, 5.41) is 11.5. The maximum Gasteiger partial charge on any atom is 0.191 e. The smallest absolute Gasteiger partial charge is 0.191 e. The van der Waals surface area contributed by atoms with Crippen molar-refractivity contribution in [2.75, 3.05) is 40.5 Å². The minimum absolute atomic E-state index is 0.270. The Hall–Kier alpha value is -2.49. The molecule has 1 aromatic heterocycles. The second kappa shape index (κ2) is 10.7. The van der Waals surface area contributed by atoms with Crippen LogP contribution in [0.5, 0.6) is 0 Å². The topological polar surface area (TPSA) is 88.8 Å². The summed E-state index contributed by atoms with van der Waals surface area (Å²) in [5.41, 5.74) is 2.58. The van der Waals surface area contributed by atoms with Gasteiger partial charge in [-0.05, 0) is 17.5 Å². The Balaban J connectivity index is 1.25. The van der Waals surface area contributed by atoms with Gasteiger partial charge in [0.05, 0.1) is 19.8 Å². The van der Waals surface area contributed by atoms with E-state index in [0.717, 1.165) is 76.4 Å². The van der Waals surface area contributed by atoms with E-state index >= 15 is 0 Å². The van der Waals surface area contributed by atoms with Crippen LogP contribution in [-0.2, 0) is 42.1 Å². The molecule has 168 valence electrons. The summed E-state index contributed by atoms with van der Waals surface area (Å²) in [6.45, 7) is 6.64. The number of aliphatic imine (C=N–C) groups is 1. The van der Waals surface area contributed by atoms with Gasteiger partial charge < -0.3 is 20.1 Å². The summed E-state index contributed by atoms with van der Waals surface area (Å²) in [7, 11) is 3.47. The molecule has 9 heteroatoms. The van der Waals surface area contributed by atoms with Crippen molar-refractivity contribution < 1.29 is 9.47 Å². The van der Waals surface area contributed by atoms with E-state index in [1.807, 2.05) is 4.68 Å². The van der Waals surface area contributed by atoms with Crippen LogP contribution in [-0.4, -0.2) is 72.1 Å². The van der Waals surface area contributed by atoms with E-state index in [1.165, 1.54) is 11.1 Å². The van der Waals surface area contributed by atoms with Crippen LogP contribution in [0.25, 0.3) is 0 Å². The van der Waals surface area contributed by atoms with Crippen LogP contribution in [0.15, 0.2) is 29.3 Å². The monoisotopic (exact) mass is 427 g/mol. The average molecular weight is 428 g/mol. The van der Waals surface area contributed by atoms with Gasteiger partial charge in [-0.3, -0.25) is 9.89 Å². The van der Waals surface area contributed by atoms with E-state index in [0.29, 0.717) is 6.61 Å². The number of guanidine groups is 1. The number of hydrogen-bond acceptors (Lipinski definition) is 6. The molecule has 0 radical (unpaired) electrons. The van der Waals surface area contributed by atoms with Crippen LogP contribution in [0.4, 0.5) is 0 Å². The number of morpholine rings is 1. The van der Waals surface area contributed by atoms with Gasteiger partial charge in [-0.1, -0.05) is 24.3 Å². The second-order valence-corrected chi connectivity index (χ2v) is 8.07. The Morgan fingerprint density at radius 3 is 2.74 bits per heavy atom. The number of aryl methyl sites for hydroxylation is 1. The molecule has 0 aliphatic carbocycles. The number of hydrogen-bond donors (Lipinski definition) is 2. The van der Waals surface area contributed by atoms with Crippen molar-refractivity contribution in [3.05, 3.63) is 47.0 Å². The van der Waals surface area contributed by atoms with Gasteiger partial charge in [0.1, 0.15) is 12.4 Å². The van der Waals surface area contributed by atoms with E-state index in [-0.39, 0.29) is 6.04 Å². The van der Waals surface area contributed by atoms with E-state index in [4.69, 9.17) is 9.47 Å². The number of aromatic nitrogens is 3. The van der Waals surface area contributed by atoms with E-state index in [1.54, 1.807) is 14.2 Å². The van der Waals surface area contributed by atoms with Crippen LogP contribution < -0.4 is 10.6 Å². The summed E-state index contributed by atoms with van der Waals surface area (Å²) < 4.78 is 12.5. The molecule has 0 saturated carbocycles. The van der Waals surface area contributed by atoms with Crippen molar-refractivity contribution in [2.45, 2.75) is 45.1 Å². The Morgan fingerprint density at radius 1 is 1.23 bits per heavy atom. The number of fused-ring (bicyclic) bond motifs is 1. The average Bonchev–Trinajstić information content (AvgIpc) is 3.20. The van der Waals surface area contributed by atoms with Gasteiger partial charge in [0.25, 0.3) is 0 Å². The number of rotatable bonds is 7. The van der Waals surface area contributed by atoms with Crippen molar-refractivity contribution in [1.29, 1.82) is 0 Å². The molecule has 31 heavy (non-hydrogen) atoms. The molecule has 1 aromatic carbocycles. The molecule has 2 N–H and O–H groups in total. The number of nitrogens with one attached hydrogen (secondary N) is 2. The zero-order valence-corrected chi connectivity index (χ0v) is 18.5. The first-order chi connectivity index (χ1) is 15.2. The summed E-state index contributed by atoms with van der Waals surface area (Å²) in [5.74, 6) is 2.59. The Kier molecular flexibility index (Phi) is 7.50. The first-order valence-electron chi connectivity index (χ1n) is 11.0. The normalized spacial score (nSPS) is 19.8. The van der Waals surface area contributed by atoms with Crippen LogP contribution in [0.3, 0.4) is 0 Å². The zero-order valence-electron chi connectivity index (χ0n) is 18.5. The summed E-state index contributed by atoms with van der Waals surface area (Å²) in [6.07, 6.45) is 1.90. The fourth-order valence-electron chi connectivity index (χ4n) is 4.02. The Morgan fingerprint density at radius 2 is 2.00 bits per heavy atom. The fraction of sp³-hybridized carbons (Fsp3) is 0.591. The molecule has 2 aliphatic rings. The maximum absolute atomic E-state index is 5.42. The highest BCUT2D eigenvalue weighted by Crippen LogP contribution is 2.14. The quantitative estimate of drug-likeness (QED) is 0.502. The molecule has 0 bridgehead atoms. The van der Waals surface area contributed by atoms with Crippen LogP contribution in [0.2, 0.25) is 0 Å². The summed E-state index contributed by atoms with van der Waals surface area (Å²) >= 11 is 0. The first kappa shape index (κ1) is 21.7. The minimum Gasteiger partial charge on any atom is -0.379 e. The predicted octanol–water partition coefficient (Wildman–Crippen LogP) is 0.937. The van der Waals surface area contributed by atoms with Crippen molar-refractivity contribution >= 4 is 5.96 Å². The van der Waals surface area contributed by atoms with Crippen LogP contribution >= 0.6 is 0 Å². The molecule has 1 atom stereocenters. The second-order valence-electron chi connectivity index (χ2n) is 8.07. The van der Waals surface area contributed by atoms with Gasteiger partial charge in [-0.2, -0.15) is 5.10 Å². The van der Waals surface area contributed by atoms with Gasteiger partial charge >= 0.3 is 0 Å².